The Morgan fingerprint density at radius 3 is 2.71 bits per heavy atom. The highest BCUT2D eigenvalue weighted by Gasteiger charge is 2.36. The first kappa shape index (κ1) is 13.4. The molecule has 0 radical (unpaired) electrons. The Kier molecular flexibility index (Phi) is 4.51. The molecule has 0 heterocycles. The van der Waals surface area contributed by atoms with Crippen molar-refractivity contribution in [2.45, 2.75) is 32.6 Å². The van der Waals surface area contributed by atoms with Gasteiger partial charge in [-0.3, -0.25) is 0 Å². The lowest BCUT2D eigenvalue weighted by Crippen LogP contribution is -2.41. The van der Waals surface area contributed by atoms with Crippen molar-refractivity contribution in [2.75, 3.05) is 13.1 Å². The Morgan fingerprint density at radius 2 is 2.18 bits per heavy atom. The van der Waals surface area contributed by atoms with Gasteiger partial charge in [0, 0.05) is 16.0 Å². The van der Waals surface area contributed by atoms with E-state index < -0.39 is 0 Å². The minimum absolute atomic E-state index is 0.452. The highest BCUT2D eigenvalue weighted by Crippen LogP contribution is 2.44. The predicted molar refractivity (Wildman–Crippen MR) is 77.7 cm³/mol. The van der Waals surface area contributed by atoms with Crippen LogP contribution >= 0.6 is 27.5 Å². The molecule has 0 saturated heterocycles. The molecule has 1 aromatic carbocycles. The number of halogens is 2. The van der Waals surface area contributed by atoms with Crippen LogP contribution in [0.5, 0.6) is 0 Å². The van der Waals surface area contributed by atoms with E-state index in [1.165, 1.54) is 24.8 Å². The molecule has 2 rings (SSSR count). The van der Waals surface area contributed by atoms with E-state index in [1.54, 1.807) is 0 Å². The van der Waals surface area contributed by atoms with E-state index in [0.29, 0.717) is 5.41 Å². The van der Waals surface area contributed by atoms with Crippen molar-refractivity contribution in [3.8, 4) is 0 Å². The molecule has 0 spiro atoms. The van der Waals surface area contributed by atoms with Gasteiger partial charge in [-0.25, -0.2) is 0 Å². The van der Waals surface area contributed by atoms with E-state index >= 15 is 0 Å². The van der Waals surface area contributed by atoms with Gasteiger partial charge in [-0.15, -0.1) is 0 Å². The average Bonchev–Trinajstić information content (AvgIpc) is 2.25. The summed E-state index contributed by atoms with van der Waals surface area (Å²) in [5, 5.41) is 4.38. The first-order valence-corrected chi connectivity index (χ1v) is 7.47. The van der Waals surface area contributed by atoms with Crippen molar-refractivity contribution in [2.24, 2.45) is 5.41 Å². The van der Waals surface area contributed by atoms with Crippen molar-refractivity contribution in [3.05, 3.63) is 33.3 Å². The molecule has 0 amide bonds. The van der Waals surface area contributed by atoms with E-state index in [9.17, 15) is 0 Å². The van der Waals surface area contributed by atoms with Gasteiger partial charge in [0.2, 0.25) is 0 Å². The van der Waals surface area contributed by atoms with Crippen LogP contribution in [0.15, 0.2) is 22.7 Å². The van der Waals surface area contributed by atoms with Gasteiger partial charge in [0.1, 0.15) is 0 Å². The van der Waals surface area contributed by atoms with E-state index in [-0.39, 0.29) is 0 Å². The molecule has 1 N–H and O–H groups in total. The summed E-state index contributed by atoms with van der Waals surface area (Å²) in [6.45, 7) is 4.34. The largest absolute Gasteiger partial charge is 0.316 e. The standard InChI is InChI=1S/C14H19BrClN/c1-2-17-10-14(6-3-7-14)9-11-4-5-12(15)8-13(11)16/h4-5,8,17H,2-3,6-7,9-10H2,1H3. The molecule has 1 aliphatic rings. The van der Waals surface area contributed by atoms with Crippen LogP contribution in [0.1, 0.15) is 31.7 Å². The molecule has 3 heteroatoms. The first-order chi connectivity index (χ1) is 8.15. The fourth-order valence-corrected chi connectivity index (χ4v) is 3.29. The maximum atomic E-state index is 6.30. The Labute approximate surface area is 117 Å². The third-order valence-electron chi connectivity index (χ3n) is 3.74. The van der Waals surface area contributed by atoms with E-state index in [1.807, 2.05) is 6.07 Å². The summed E-state index contributed by atoms with van der Waals surface area (Å²) < 4.78 is 1.06. The van der Waals surface area contributed by atoms with Gasteiger partial charge < -0.3 is 5.32 Å². The zero-order valence-electron chi connectivity index (χ0n) is 10.2. The van der Waals surface area contributed by atoms with Crippen LogP contribution in [0.4, 0.5) is 0 Å². The lowest BCUT2D eigenvalue weighted by molar-refractivity contribution is 0.131. The number of nitrogens with one attached hydrogen (secondary N) is 1. The summed E-state index contributed by atoms with van der Waals surface area (Å²) >= 11 is 9.75. The molecular weight excluding hydrogens is 298 g/mol. The fourth-order valence-electron chi connectivity index (χ4n) is 2.55. The van der Waals surface area contributed by atoms with Crippen LogP contribution < -0.4 is 5.32 Å². The Bertz CT molecular complexity index is 388. The van der Waals surface area contributed by atoms with Crippen molar-refractivity contribution < 1.29 is 0 Å². The van der Waals surface area contributed by atoms with Crippen LogP contribution in [0.2, 0.25) is 5.02 Å². The molecule has 0 atom stereocenters. The van der Waals surface area contributed by atoms with Crippen LogP contribution in [0, 0.1) is 5.41 Å². The van der Waals surface area contributed by atoms with Gasteiger partial charge >= 0.3 is 0 Å². The van der Waals surface area contributed by atoms with E-state index in [0.717, 1.165) is 29.0 Å². The van der Waals surface area contributed by atoms with Crippen LogP contribution in [-0.4, -0.2) is 13.1 Å². The Balaban J connectivity index is 2.07. The molecule has 0 aliphatic heterocycles. The summed E-state index contributed by atoms with van der Waals surface area (Å²) in [5.41, 5.74) is 1.74. The first-order valence-electron chi connectivity index (χ1n) is 6.30. The third kappa shape index (κ3) is 3.24. The molecule has 0 bridgehead atoms. The van der Waals surface area contributed by atoms with Gasteiger partial charge in [-0.2, -0.15) is 0 Å². The number of rotatable bonds is 5. The van der Waals surface area contributed by atoms with Crippen molar-refractivity contribution >= 4 is 27.5 Å². The normalized spacial score (nSPS) is 17.8. The lowest BCUT2D eigenvalue weighted by Gasteiger charge is -2.42. The molecule has 1 aliphatic carbocycles. The highest BCUT2D eigenvalue weighted by molar-refractivity contribution is 9.10. The van der Waals surface area contributed by atoms with Crippen molar-refractivity contribution in [1.82, 2.24) is 5.32 Å². The summed E-state index contributed by atoms with van der Waals surface area (Å²) in [6.07, 6.45) is 5.12. The molecule has 0 aromatic heterocycles. The molecule has 17 heavy (non-hydrogen) atoms. The number of benzene rings is 1. The maximum Gasteiger partial charge on any atom is 0.0449 e. The molecule has 1 aromatic rings. The van der Waals surface area contributed by atoms with E-state index in [4.69, 9.17) is 11.6 Å². The fraction of sp³-hybridized carbons (Fsp3) is 0.571. The quantitative estimate of drug-likeness (QED) is 0.847. The lowest BCUT2D eigenvalue weighted by atomic mass is 9.65. The zero-order chi connectivity index (χ0) is 12.3. The molecule has 1 saturated carbocycles. The Morgan fingerprint density at radius 1 is 1.41 bits per heavy atom. The second-order valence-corrected chi connectivity index (χ2v) is 6.37. The minimum atomic E-state index is 0.452. The summed E-state index contributed by atoms with van der Waals surface area (Å²) in [4.78, 5) is 0. The van der Waals surface area contributed by atoms with Gasteiger partial charge in [0.25, 0.3) is 0 Å². The Hall–Kier alpha value is -0.0500. The third-order valence-corrected chi connectivity index (χ3v) is 4.59. The zero-order valence-corrected chi connectivity index (χ0v) is 12.6. The molecule has 0 unspecified atom stereocenters. The molecule has 94 valence electrons. The maximum absolute atomic E-state index is 6.30. The van der Waals surface area contributed by atoms with Crippen molar-refractivity contribution in [3.63, 3.8) is 0 Å². The summed E-state index contributed by atoms with van der Waals surface area (Å²) in [6, 6.07) is 6.23. The predicted octanol–water partition coefficient (Wildman–Crippen LogP) is 4.42. The van der Waals surface area contributed by atoms with Gasteiger partial charge in [0.05, 0.1) is 0 Å². The number of hydrogen-bond donors (Lipinski definition) is 1. The highest BCUT2D eigenvalue weighted by atomic mass is 79.9. The second-order valence-electron chi connectivity index (χ2n) is 5.05. The molecule has 1 fully saturated rings. The monoisotopic (exact) mass is 315 g/mol. The second kappa shape index (κ2) is 5.73. The smallest absolute Gasteiger partial charge is 0.0449 e. The summed E-state index contributed by atoms with van der Waals surface area (Å²) in [7, 11) is 0. The van der Waals surface area contributed by atoms with Gasteiger partial charge in [-0.05, 0) is 48.9 Å². The minimum Gasteiger partial charge on any atom is -0.316 e. The van der Waals surface area contributed by atoms with Crippen LogP contribution in [0.25, 0.3) is 0 Å². The summed E-state index contributed by atoms with van der Waals surface area (Å²) in [5.74, 6) is 0. The van der Waals surface area contributed by atoms with Crippen LogP contribution in [-0.2, 0) is 6.42 Å². The number of hydrogen-bond acceptors (Lipinski definition) is 1. The molecule has 1 nitrogen and oxygen atoms in total. The SMILES string of the molecule is CCNCC1(Cc2ccc(Br)cc2Cl)CCC1. The van der Waals surface area contributed by atoms with E-state index in [2.05, 4.69) is 40.3 Å². The van der Waals surface area contributed by atoms with Crippen LogP contribution in [0.3, 0.4) is 0 Å². The van der Waals surface area contributed by atoms with Gasteiger partial charge in [-0.1, -0.05) is 46.9 Å². The van der Waals surface area contributed by atoms with Crippen molar-refractivity contribution in [1.29, 1.82) is 0 Å². The topological polar surface area (TPSA) is 12.0 Å². The average molecular weight is 317 g/mol. The molecular formula is C14H19BrClN. The van der Waals surface area contributed by atoms with Gasteiger partial charge in [0.15, 0.2) is 0 Å².